The van der Waals surface area contributed by atoms with E-state index < -0.39 is 0 Å². The van der Waals surface area contributed by atoms with Crippen LogP contribution >= 0.6 is 0 Å². The minimum atomic E-state index is -0.316. The quantitative estimate of drug-likeness (QED) is 0.846. The molecule has 4 heteroatoms. The van der Waals surface area contributed by atoms with E-state index in [0.29, 0.717) is 22.6 Å². The van der Waals surface area contributed by atoms with Crippen molar-refractivity contribution in [2.24, 2.45) is 0 Å². The molecule has 3 nitrogen and oxygen atoms in total. The highest BCUT2D eigenvalue weighted by Crippen LogP contribution is 2.22. The number of benzene rings is 1. The van der Waals surface area contributed by atoms with Gasteiger partial charge in [-0.3, -0.25) is 4.98 Å². The summed E-state index contributed by atoms with van der Waals surface area (Å²) in [4.78, 5) is 4.20. The first-order valence-corrected chi connectivity index (χ1v) is 5.86. The van der Waals surface area contributed by atoms with Gasteiger partial charge in [-0.1, -0.05) is 18.2 Å². The molecule has 0 atom stereocenters. The van der Waals surface area contributed by atoms with Crippen molar-refractivity contribution in [3.05, 3.63) is 58.7 Å². The van der Waals surface area contributed by atoms with Gasteiger partial charge in [0.15, 0.2) is 0 Å². The van der Waals surface area contributed by atoms with Gasteiger partial charge in [0.2, 0.25) is 0 Å². The number of nitriles is 1. The Morgan fingerprint density at radius 2 is 2.05 bits per heavy atom. The maximum absolute atomic E-state index is 13.5. The zero-order chi connectivity index (χ0) is 13.8. The van der Waals surface area contributed by atoms with E-state index >= 15 is 0 Å². The molecule has 2 rings (SSSR count). The van der Waals surface area contributed by atoms with Gasteiger partial charge in [-0.2, -0.15) is 5.26 Å². The number of halogens is 1. The smallest absolute Gasteiger partial charge is 0.141 e. The number of ether oxygens (including phenoxy) is 1. The first-order valence-electron chi connectivity index (χ1n) is 5.86. The summed E-state index contributed by atoms with van der Waals surface area (Å²) in [7, 11) is 0. The Kier molecular flexibility index (Phi) is 3.76. The highest BCUT2D eigenvalue weighted by Gasteiger charge is 2.10. The molecule has 0 N–H and O–H groups in total. The number of pyridine rings is 1. The normalized spacial score (nSPS) is 10.0. The number of nitrogens with zero attached hydrogens (tertiary/aromatic N) is 2. The largest absolute Gasteiger partial charge is 0.487 e. The Bertz CT molecular complexity index is 647. The van der Waals surface area contributed by atoms with E-state index in [2.05, 4.69) is 11.1 Å². The third-order valence-electron chi connectivity index (χ3n) is 2.75. The molecule has 1 aromatic heterocycles. The van der Waals surface area contributed by atoms with Crippen molar-refractivity contribution in [3.8, 4) is 11.8 Å². The lowest BCUT2D eigenvalue weighted by atomic mass is 10.2. The molecule has 0 saturated carbocycles. The molecule has 19 heavy (non-hydrogen) atoms. The van der Waals surface area contributed by atoms with Gasteiger partial charge in [-0.25, -0.2) is 4.39 Å². The van der Waals surface area contributed by atoms with Crippen LogP contribution in [0.5, 0.6) is 5.75 Å². The maximum atomic E-state index is 13.5. The van der Waals surface area contributed by atoms with Gasteiger partial charge in [-0.15, -0.1) is 0 Å². The van der Waals surface area contributed by atoms with Crippen molar-refractivity contribution in [3.63, 3.8) is 0 Å². The average molecular weight is 256 g/mol. The molecule has 0 aliphatic rings. The van der Waals surface area contributed by atoms with Gasteiger partial charge >= 0.3 is 0 Å². The van der Waals surface area contributed by atoms with Crippen LogP contribution in [0.2, 0.25) is 0 Å². The molecule has 0 aliphatic heterocycles. The van der Waals surface area contributed by atoms with Gasteiger partial charge in [0.25, 0.3) is 0 Å². The molecule has 2 aromatic rings. The second-order valence-electron chi connectivity index (χ2n) is 4.21. The Morgan fingerprint density at radius 3 is 2.74 bits per heavy atom. The minimum Gasteiger partial charge on any atom is -0.487 e. The van der Waals surface area contributed by atoms with Gasteiger partial charge in [0.1, 0.15) is 29.8 Å². The van der Waals surface area contributed by atoms with Crippen LogP contribution in [0.4, 0.5) is 4.39 Å². The Hall–Kier alpha value is -2.41. The molecule has 0 bridgehead atoms. The summed E-state index contributed by atoms with van der Waals surface area (Å²) in [6.45, 7) is 3.66. The van der Waals surface area contributed by atoms with Crippen molar-refractivity contribution in [2.75, 3.05) is 0 Å². The fourth-order valence-electron chi connectivity index (χ4n) is 1.81. The second-order valence-corrected chi connectivity index (χ2v) is 4.21. The van der Waals surface area contributed by atoms with Gasteiger partial charge in [0, 0.05) is 17.3 Å². The molecular weight excluding hydrogens is 243 g/mol. The number of hydrogen-bond acceptors (Lipinski definition) is 3. The molecule has 0 unspecified atom stereocenters. The second kappa shape index (κ2) is 5.49. The number of rotatable bonds is 3. The Morgan fingerprint density at radius 1 is 1.32 bits per heavy atom. The monoisotopic (exact) mass is 256 g/mol. The summed E-state index contributed by atoms with van der Waals surface area (Å²) >= 11 is 0. The standard InChI is InChI=1S/C15H13FN2O/c1-10-7-15(13(8-17)11(2)18-10)19-9-12-5-3-4-6-14(12)16/h3-7H,9H2,1-2H3. The van der Waals surface area contributed by atoms with Crippen molar-refractivity contribution < 1.29 is 9.13 Å². The van der Waals surface area contributed by atoms with E-state index in [1.54, 1.807) is 31.2 Å². The first kappa shape index (κ1) is 13.0. The number of aromatic nitrogens is 1. The summed E-state index contributed by atoms with van der Waals surface area (Å²) in [6, 6.07) is 10.2. The highest BCUT2D eigenvalue weighted by molar-refractivity contribution is 5.46. The predicted octanol–water partition coefficient (Wildman–Crippen LogP) is 3.29. The van der Waals surface area contributed by atoms with Crippen LogP contribution in [0.3, 0.4) is 0 Å². The van der Waals surface area contributed by atoms with Gasteiger partial charge in [0.05, 0.1) is 5.69 Å². The summed E-state index contributed by atoms with van der Waals surface area (Å²) < 4.78 is 19.0. The third kappa shape index (κ3) is 2.89. The summed E-state index contributed by atoms with van der Waals surface area (Å²) in [6.07, 6.45) is 0. The third-order valence-corrected chi connectivity index (χ3v) is 2.75. The van der Waals surface area contributed by atoms with Crippen LogP contribution in [0, 0.1) is 31.0 Å². The molecule has 0 spiro atoms. The lowest BCUT2D eigenvalue weighted by molar-refractivity contribution is 0.298. The lowest BCUT2D eigenvalue weighted by Crippen LogP contribution is -2.02. The Balaban J connectivity index is 2.25. The zero-order valence-electron chi connectivity index (χ0n) is 10.8. The molecule has 0 radical (unpaired) electrons. The van der Waals surface area contributed by atoms with E-state index in [1.807, 2.05) is 6.92 Å². The first-order chi connectivity index (χ1) is 9.11. The van der Waals surface area contributed by atoms with Crippen molar-refractivity contribution >= 4 is 0 Å². The Labute approximate surface area is 111 Å². The van der Waals surface area contributed by atoms with Gasteiger partial charge < -0.3 is 4.74 Å². The SMILES string of the molecule is Cc1cc(OCc2ccccc2F)c(C#N)c(C)n1. The number of aryl methyl sites for hydroxylation is 2. The molecular formula is C15H13FN2O. The van der Waals surface area contributed by atoms with E-state index in [1.165, 1.54) is 6.07 Å². The van der Waals surface area contributed by atoms with Crippen LogP contribution in [0.25, 0.3) is 0 Å². The van der Waals surface area contributed by atoms with Crippen LogP contribution in [0.15, 0.2) is 30.3 Å². The highest BCUT2D eigenvalue weighted by atomic mass is 19.1. The van der Waals surface area contributed by atoms with E-state index in [0.717, 1.165) is 5.69 Å². The molecule has 1 heterocycles. The van der Waals surface area contributed by atoms with Crippen molar-refractivity contribution in [1.82, 2.24) is 4.98 Å². The molecule has 96 valence electrons. The van der Waals surface area contributed by atoms with Crippen LogP contribution in [0.1, 0.15) is 22.5 Å². The number of hydrogen-bond donors (Lipinski definition) is 0. The van der Waals surface area contributed by atoms with Crippen LogP contribution in [-0.2, 0) is 6.61 Å². The molecule has 1 aromatic carbocycles. The van der Waals surface area contributed by atoms with E-state index in [4.69, 9.17) is 10.00 Å². The summed E-state index contributed by atoms with van der Waals surface area (Å²) in [5.41, 5.74) is 2.23. The van der Waals surface area contributed by atoms with Crippen molar-refractivity contribution in [1.29, 1.82) is 5.26 Å². The maximum Gasteiger partial charge on any atom is 0.141 e. The fourth-order valence-corrected chi connectivity index (χ4v) is 1.81. The van der Waals surface area contributed by atoms with E-state index in [9.17, 15) is 4.39 Å². The average Bonchev–Trinajstić information content (AvgIpc) is 2.37. The predicted molar refractivity (Wildman–Crippen MR) is 69.2 cm³/mol. The topological polar surface area (TPSA) is 45.9 Å². The molecule has 0 saturated heterocycles. The van der Waals surface area contributed by atoms with Gasteiger partial charge in [-0.05, 0) is 19.9 Å². The lowest BCUT2D eigenvalue weighted by Gasteiger charge is -2.10. The zero-order valence-corrected chi connectivity index (χ0v) is 10.8. The van der Waals surface area contributed by atoms with Crippen LogP contribution < -0.4 is 4.74 Å². The van der Waals surface area contributed by atoms with E-state index in [-0.39, 0.29) is 12.4 Å². The summed E-state index contributed by atoms with van der Waals surface area (Å²) in [5, 5.41) is 9.10. The molecule has 0 amide bonds. The fraction of sp³-hybridized carbons (Fsp3) is 0.200. The molecule has 0 aliphatic carbocycles. The van der Waals surface area contributed by atoms with Crippen LogP contribution in [-0.4, -0.2) is 4.98 Å². The molecule has 0 fully saturated rings. The summed E-state index contributed by atoms with van der Waals surface area (Å²) in [5.74, 6) is 0.124. The van der Waals surface area contributed by atoms with Crippen molar-refractivity contribution in [2.45, 2.75) is 20.5 Å². The minimum absolute atomic E-state index is 0.0875.